The van der Waals surface area contributed by atoms with Gasteiger partial charge in [-0.2, -0.15) is 0 Å². The van der Waals surface area contributed by atoms with Gasteiger partial charge in [-0.3, -0.25) is 4.79 Å². The number of benzene rings is 1. The molecule has 0 N–H and O–H groups in total. The molecule has 2 aliphatic rings. The lowest BCUT2D eigenvalue weighted by Gasteiger charge is -2.15. The molecule has 0 spiro atoms. The van der Waals surface area contributed by atoms with Gasteiger partial charge >= 0.3 is 6.03 Å². The quantitative estimate of drug-likeness (QED) is 0.352. The maximum absolute atomic E-state index is 12.2. The van der Waals surface area contributed by atoms with Crippen molar-refractivity contribution < 1.29 is 9.59 Å². The van der Waals surface area contributed by atoms with Crippen LogP contribution in [0.5, 0.6) is 0 Å². The zero-order valence-electron chi connectivity index (χ0n) is 10.1. The summed E-state index contributed by atoms with van der Waals surface area (Å²) in [5.74, 6) is -0.168. The Morgan fingerprint density at radius 3 is 2.63 bits per heavy atom. The third-order valence-corrected chi connectivity index (χ3v) is 3.46. The molecular formula is C12H11N5O2. The highest BCUT2D eigenvalue weighted by Crippen LogP contribution is 2.31. The Bertz CT molecular complexity index is 569. The highest BCUT2D eigenvalue weighted by molar-refractivity contribution is 6.21. The molecule has 0 bridgehead atoms. The van der Waals surface area contributed by atoms with Crippen LogP contribution in [0.1, 0.15) is 12.8 Å². The summed E-state index contributed by atoms with van der Waals surface area (Å²) in [4.78, 5) is 29.8. The van der Waals surface area contributed by atoms with Gasteiger partial charge in [0.2, 0.25) is 0 Å². The van der Waals surface area contributed by atoms with Crippen LogP contribution in [0.2, 0.25) is 0 Å². The number of imide groups is 1. The summed E-state index contributed by atoms with van der Waals surface area (Å²) in [7, 11) is 0. The van der Waals surface area contributed by atoms with Gasteiger partial charge in [-0.1, -0.05) is 17.2 Å². The maximum Gasteiger partial charge on any atom is 0.332 e. The molecule has 2 aliphatic heterocycles. The highest BCUT2D eigenvalue weighted by Gasteiger charge is 2.47. The number of hydrogen-bond acceptors (Lipinski definition) is 3. The molecule has 1 aromatic carbocycles. The van der Waals surface area contributed by atoms with Crippen LogP contribution in [0.4, 0.5) is 16.2 Å². The van der Waals surface area contributed by atoms with E-state index in [1.54, 1.807) is 29.2 Å². The molecule has 0 aromatic heterocycles. The van der Waals surface area contributed by atoms with Crippen molar-refractivity contribution in [2.75, 3.05) is 11.4 Å². The van der Waals surface area contributed by atoms with Gasteiger partial charge in [-0.15, -0.1) is 0 Å². The minimum Gasteiger partial charge on any atom is -0.312 e. The summed E-state index contributed by atoms with van der Waals surface area (Å²) in [6.45, 7) is 0.641. The Morgan fingerprint density at radius 1 is 1.26 bits per heavy atom. The van der Waals surface area contributed by atoms with Crippen LogP contribution >= 0.6 is 0 Å². The van der Waals surface area contributed by atoms with Crippen LogP contribution in [0, 0.1) is 0 Å². The van der Waals surface area contributed by atoms with E-state index >= 15 is 0 Å². The first kappa shape index (κ1) is 11.6. The van der Waals surface area contributed by atoms with Crippen molar-refractivity contribution in [2.24, 2.45) is 5.11 Å². The van der Waals surface area contributed by atoms with Crippen molar-refractivity contribution in [3.8, 4) is 0 Å². The van der Waals surface area contributed by atoms with E-state index in [0.29, 0.717) is 17.9 Å². The smallest absolute Gasteiger partial charge is 0.312 e. The topological polar surface area (TPSA) is 89.4 Å². The molecule has 0 aliphatic carbocycles. The van der Waals surface area contributed by atoms with Crippen LogP contribution in [0.15, 0.2) is 29.4 Å². The fourth-order valence-corrected chi connectivity index (χ4v) is 2.58. The van der Waals surface area contributed by atoms with Gasteiger partial charge in [0.05, 0.1) is 5.69 Å². The number of carbonyl (C=O) groups excluding carboxylic acids is 2. The molecular weight excluding hydrogens is 246 g/mol. The Hall–Kier alpha value is -2.53. The Morgan fingerprint density at radius 2 is 2.00 bits per heavy atom. The monoisotopic (exact) mass is 257 g/mol. The van der Waals surface area contributed by atoms with Crippen LogP contribution < -0.4 is 4.90 Å². The lowest BCUT2D eigenvalue weighted by Crippen LogP contribution is -2.32. The number of rotatable bonds is 2. The molecule has 0 radical (unpaired) electrons. The van der Waals surface area contributed by atoms with Crippen molar-refractivity contribution in [3.63, 3.8) is 0 Å². The zero-order valence-corrected chi connectivity index (χ0v) is 10.1. The van der Waals surface area contributed by atoms with Crippen LogP contribution in [0.25, 0.3) is 10.4 Å². The molecule has 2 heterocycles. The number of hydrogen-bond donors (Lipinski definition) is 0. The van der Waals surface area contributed by atoms with E-state index in [2.05, 4.69) is 10.0 Å². The van der Waals surface area contributed by atoms with Gasteiger partial charge in [0.25, 0.3) is 5.91 Å². The molecule has 19 heavy (non-hydrogen) atoms. The van der Waals surface area contributed by atoms with Gasteiger partial charge in [0.15, 0.2) is 0 Å². The third kappa shape index (κ3) is 1.71. The molecule has 7 nitrogen and oxygen atoms in total. The van der Waals surface area contributed by atoms with Crippen LogP contribution in [0.3, 0.4) is 0 Å². The van der Waals surface area contributed by atoms with Gasteiger partial charge in [-0.25, -0.2) is 9.69 Å². The van der Waals surface area contributed by atoms with E-state index in [1.807, 2.05) is 0 Å². The lowest BCUT2D eigenvalue weighted by molar-refractivity contribution is -0.119. The number of nitrogens with zero attached hydrogens (tertiary/aromatic N) is 5. The summed E-state index contributed by atoms with van der Waals surface area (Å²) in [6.07, 6.45) is 1.61. The molecule has 2 saturated heterocycles. The first-order valence-corrected chi connectivity index (χ1v) is 6.02. The predicted molar refractivity (Wildman–Crippen MR) is 67.9 cm³/mol. The van der Waals surface area contributed by atoms with Crippen LogP contribution in [-0.2, 0) is 4.79 Å². The van der Waals surface area contributed by atoms with Crippen LogP contribution in [-0.4, -0.2) is 29.4 Å². The van der Waals surface area contributed by atoms with Crippen molar-refractivity contribution in [1.82, 2.24) is 4.90 Å². The minimum absolute atomic E-state index is 0.168. The van der Waals surface area contributed by atoms with E-state index in [-0.39, 0.29) is 18.0 Å². The second kappa shape index (κ2) is 4.29. The highest BCUT2D eigenvalue weighted by atomic mass is 16.2. The second-order valence-electron chi connectivity index (χ2n) is 4.51. The van der Waals surface area contributed by atoms with Crippen molar-refractivity contribution >= 4 is 23.3 Å². The number of anilines is 1. The number of azide groups is 1. The zero-order chi connectivity index (χ0) is 13.4. The molecule has 1 aromatic rings. The normalized spacial score (nSPS) is 21.6. The summed E-state index contributed by atoms with van der Waals surface area (Å²) in [6, 6.07) is 5.83. The number of urea groups is 1. The summed E-state index contributed by atoms with van der Waals surface area (Å²) < 4.78 is 0. The molecule has 1 unspecified atom stereocenters. The fraction of sp³-hybridized carbons (Fsp3) is 0.333. The Kier molecular flexibility index (Phi) is 2.61. The van der Waals surface area contributed by atoms with E-state index in [1.165, 1.54) is 4.90 Å². The number of carbonyl (C=O) groups is 2. The molecule has 0 saturated carbocycles. The lowest BCUT2D eigenvalue weighted by atomic mass is 10.2. The summed E-state index contributed by atoms with van der Waals surface area (Å²) in [5, 5.41) is 3.45. The first-order chi connectivity index (χ1) is 9.22. The summed E-state index contributed by atoms with van der Waals surface area (Å²) >= 11 is 0. The molecule has 3 amide bonds. The van der Waals surface area contributed by atoms with E-state index in [4.69, 9.17) is 5.53 Å². The minimum atomic E-state index is -0.302. The second-order valence-corrected chi connectivity index (χ2v) is 4.51. The Labute approximate surface area is 109 Å². The fourth-order valence-electron chi connectivity index (χ4n) is 2.58. The average molecular weight is 257 g/mol. The van der Waals surface area contributed by atoms with E-state index in [0.717, 1.165) is 12.8 Å². The van der Waals surface area contributed by atoms with Gasteiger partial charge in [-0.05, 0) is 30.5 Å². The standard InChI is InChI=1S/C12H11N5O2/c13-15-14-8-3-5-9(6-4-8)17-11(18)10-2-1-7-16(10)12(17)19/h3-6,10H,1-2,7H2. The first-order valence-electron chi connectivity index (χ1n) is 6.02. The number of fused-ring (bicyclic) bond motifs is 1. The molecule has 7 heteroatoms. The Balaban J connectivity index is 1.92. The molecule has 2 fully saturated rings. The molecule has 3 rings (SSSR count). The van der Waals surface area contributed by atoms with E-state index in [9.17, 15) is 9.59 Å². The summed E-state index contributed by atoms with van der Waals surface area (Å²) in [5.41, 5.74) is 9.29. The molecule has 96 valence electrons. The average Bonchev–Trinajstić information content (AvgIpc) is 2.97. The maximum atomic E-state index is 12.2. The van der Waals surface area contributed by atoms with Crippen molar-refractivity contribution in [3.05, 3.63) is 34.7 Å². The SMILES string of the molecule is [N-]=[N+]=Nc1ccc(N2C(=O)C3CCCN3C2=O)cc1. The third-order valence-electron chi connectivity index (χ3n) is 3.46. The van der Waals surface area contributed by atoms with Gasteiger partial charge in [0.1, 0.15) is 6.04 Å². The number of amides is 3. The van der Waals surface area contributed by atoms with E-state index < -0.39 is 0 Å². The largest absolute Gasteiger partial charge is 0.332 e. The van der Waals surface area contributed by atoms with Crippen molar-refractivity contribution in [2.45, 2.75) is 18.9 Å². The van der Waals surface area contributed by atoms with Gasteiger partial charge in [0, 0.05) is 17.1 Å². The van der Waals surface area contributed by atoms with Crippen molar-refractivity contribution in [1.29, 1.82) is 0 Å². The molecule has 1 atom stereocenters. The predicted octanol–water partition coefficient (Wildman–Crippen LogP) is 2.56. The van der Waals surface area contributed by atoms with Gasteiger partial charge < -0.3 is 4.90 Å².